The van der Waals surface area contributed by atoms with Crippen LogP contribution >= 0.6 is 0 Å². The summed E-state index contributed by atoms with van der Waals surface area (Å²) >= 11 is 0. The average molecular weight is 189 g/mol. The van der Waals surface area contributed by atoms with Gasteiger partial charge in [0.05, 0.1) is 6.61 Å². The van der Waals surface area contributed by atoms with Crippen LogP contribution in [0.15, 0.2) is 30.9 Å². The zero-order valence-corrected chi connectivity index (χ0v) is 7.75. The van der Waals surface area contributed by atoms with Crippen LogP contribution in [0.3, 0.4) is 0 Å². The van der Waals surface area contributed by atoms with Gasteiger partial charge in [-0.25, -0.2) is 0 Å². The number of ether oxygens (including phenoxy) is 1. The predicted molar refractivity (Wildman–Crippen MR) is 54.5 cm³/mol. The standard InChI is InChI=1S/C11H11NO2/c1-2-11(13)12-9-3-4-10-8(7-9)5-6-14-10/h2-4,7H,1,5-6H2,(H,12,13). The van der Waals surface area contributed by atoms with Crippen molar-refractivity contribution in [1.82, 2.24) is 0 Å². The maximum Gasteiger partial charge on any atom is 0.247 e. The van der Waals surface area contributed by atoms with E-state index in [-0.39, 0.29) is 5.91 Å². The van der Waals surface area contributed by atoms with Gasteiger partial charge in [0.1, 0.15) is 5.75 Å². The summed E-state index contributed by atoms with van der Waals surface area (Å²) in [5.41, 5.74) is 1.94. The van der Waals surface area contributed by atoms with E-state index in [4.69, 9.17) is 4.74 Å². The Morgan fingerprint density at radius 2 is 2.43 bits per heavy atom. The van der Waals surface area contributed by atoms with E-state index in [1.807, 2.05) is 18.2 Å². The Morgan fingerprint density at radius 1 is 1.57 bits per heavy atom. The average Bonchev–Trinajstić information content (AvgIpc) is 2.64. The molecule has 1 N–H and O–H groups in total. The van der Waals surface area contributed by atoms with Crippen LogP contribution in [0, 0.1) is 0 Å². The molecule has 0 aromatic heterocycles. The smallest absolute Gasteiger partial charge is 0.247 e. The highest BCUT2D eigenvalue weighted by Crippen LogP contribution is 2.27. The SMILES string of the molecule is C=CC(=O)Nc1ccc2c(c1)CCO2. The summed E-state index contributed by atoms with van der Waals surface area (Å²) in [4.78, 5) is 11.0. The van der Waals surface area contributed by atoms with Crippen molar-refractivity contribution in [3.05, 3.63) is 36.4 Å². The molecule has 14 heavy (non-hydrogen) atoms. The molecule has 0 atom stereocenters. The molecule has 1 heterocycles. The van der Waals surface area contributed by atoms with Crippen molar-refractivity contribution in [2.75, 3.05) is 11.9 Å². The third kappa shape index (κ3) is 1.62. The molecule has 3 heteroatoms. The maximum absolute atomic E-state index is 11.0. The molecule has 0 aliphatic carbocycles. The summed E-state index contributed by atoms with van der Waals surface area (Å²) in [5, 5.41) is 2.71. The Kier molecular flexibility index (Phi) is 2.23. The van der Waals surface area contributed by atoms with Crippen LogP contribution in [-0.4, -0.2) is 12.5 Å². The largest absolute Gasteiger partial charge is 0.493 e. The number of nitrogens with one attached hydrogen (secondary N) is 1. The van der Waals surface area contributed by atoms with Gasteiger partial charge in [0.2, 0.25) is 5.91 Å². The first-order chi connectivity index (χ1) is 6.79. The van der Waals surface area contributed by atoms with E-state index < -0.39 is 0 Å². The predicted octanol–water partition coefficient (Wildman–Crippen LogP) is 1.75. The normalized spacial score (nSPS) is 12.9. The fourth-order valence-electron chi connectivity index (χ4n) is 1.46. The van der Waals surface area contributed by atoms with Crippen molar-refractivity contribution < 1.29 is 9.53 Å². The Balaban J connectivity index is 2.20. The van der Waals surface area contributed by atoms with Crippen LogP contribution in [0.1, 0.15) is 5.56 Å². The second-order valence-electron chi connectivity index (χ2n) is 3.11. The minimum Gasteiger partial charge on any atom is -0.493 e. The van der Waals surface area contributed by atoms with Crippen LogP contribution in [0.5, 0.6) is 5.75 Å². The lowest BCUT2D eigenvalue weighted by Crippen LogP contribution is -2.07. The van der Waals surface area contributed by atoms with Crippen molar-refractivity contribution in [2.45, 2.75) is 6.42 Å². The third-order valence-corrected chi connectivity index (χ3v) is 2.14. The summed E-state index contributed by atoms with van der Waals surface area (Å²) in [6, 6.07) is 5.64. The Bertz CT molecular complexity index is 385. The third-order valence-electron chi connectivity index (χ3n) is 2.14. The van der Waals surface area contributed by atoms with Crippen molar-refractivity contribution in [2.24, 2.45) is 0 Å². The molecule has 0 saturated heterocycles. The van der Waals surface area contributed by atoms with Gasteiger partial charge in [-0.3, -0.25) is 4.79 Å². The monoisotopic (exact) mass is 189 g/mol. The highest BCUT2D eigenvalue weighted by atomic mass is 16.5. The van der Waals surface area contributed by atoms with E-state index in [0.717, 1.165) is 30.0 Å². The number of carbonyl (C=O) groups excluding carboxylic acids is 1. The van der Waals surface area contributed by atoms with Gasteiger partial charge in [-0.05, 0) is 29.8 Å². The molecule has 1 aromatic carbocycles. The van der Waals surface area contributed by atoms with Gasteiger partial charge < -0.3 is 10.1 Å². The zero-order chi connectivity index (χ0) is 9.97. The summed E-state index contributed by atoms with van der Waals surface area (Å²) in [7, 11) is 0. The van der Waals surface area contributed by atoms with E-state index in [2.05, 4.69) is 11.9 Å². The van der Waals surface area contributed by atoms with Crippen molar-refractivity contribution in [3.63, 3.8) is 0 Å². The van der Waals surface area contributed by atoms with Crippen LogP contribution in [0.4, 0.5) is 5.69 Å². The van der Waals surface area contributed by atoms with Crippen molar-refractivity contribution in [1.29, 1.82) is 0 Å². The van der Waals surface area contributed by atoms with Gasteiger partial charge >= 0.3 is 0 Å². The fourth-order valence-corrected chi connectivity index (χ4v) is 1.46. The minimum atomic E-state index is -0.191. The van der Waals surface area contributed by atoms with E-state index in [1.165, 1.54) is 6.08 Å². The second-order valence-corrected chi connectivity index (χ2v) is 3.11. The van der Waals surface area contributed by atoms with Crippen LogP contribution in [-0.2, 0) is 11.2 Å². The van der Waals surface area contributed by atoms with Gasteiger partial charge in [-0.2, -0.15) is 0 Å². The second kappa shape index (κ2) is 3.54. The number of anilines is 1. The summed E-state index contributed by atoms with van der Waals surface area (Å²) in [6.07, 6.45) is 2.16. The van der Waals surface area contributed by atoms with Gasteiger partial charge in [0, 0.05) is 12.1 Å². The van der Waals surface area contributed by atoms with Gasteiger partial charge in [0.15, 0.2) is 0 Å². The van der Waals surface area contributed by atoms with Crippen LogP contribution < -0.4 is 10.1 Å². The molecule has 3 nitrogen and oxygen atoms in total. The minimum absolute atomic E-state index is 0.191. The Hall–Kier alpha value is -1.77. The number of hydrogen-bond donors (Lipinski definition) is 1. The van der Waals surface area contributed by atoms with Crippen molar-refractivity contribution >= 4 is 11.6 Å². The molecular formula is C11H11NO2. The number of fused-ring (bicyclic) bond motifs is 1. The number of rotatable bonds is 2. The van der Waals surface area contributed by atoms with Crippen LogP contribution in [0.2, 0.25) is 0 Å². The first-order valence-electron chi connectivity index (χ1n) is 4.49. The van der Waals surface area contributed by atoms with Crippen LogP contribution in [0.25, 0.3) is 0 Å². The van der Waals surface area contributed by atoms with Gasteiger partial charge in [0.25, 0.3) is 0 Å². The molecular weight excluding hydrogens is 178 g/mol. The molecule has 1 amide bonds. The molecule has 1 aliphatic heterocycles. The van der Waals surface area contributed by atoms with E-state index in [1.54, 1.807) is 0 Å². The quantitative estimate of drug-likeness (QED) is 0.720. The molecule has 0 spiro atoms. The number of benzene rings is 1. The summed E-state index contributed by atoms with van der Waals surface area (Å²) in [6.45, 7) is 4.12. The topological polar surface area (TPSA) is 38.3 Å². The molecule has 72 valence electrons. The lowest BCUT2D eigenvalue weighted by atomic mass is 10.1. The van der Waals surface area contributed by atoms with E-state index >= 15 is 0 Å². The lowest BCUT2D eigenvalue weighted by molar-refractivity contribution is -0.111. The Labute approximate surface area is 82.4 Å². The van der Waals surface area contributed by atoms with Gasteiger partial charge in [-0.15, -0.1) is 0 Å². The summed E-state index contributed by atoms with van der Waals surface area (Å²) in [5.74, 6) is 0.727. The molecule has 0 bridgehead atoms. The molecule has 1 aliphatic rings. The molecule has 0 unspecified atom stereocenters. The highest BCUT2D eigenvalue weighted by molar-refractivity contribution is 5.98. The maximum atomic E-state index is 11.0. The number of carbonyl (C=O) groups is 1. The van der Waals surface area contributed by atoms with E-state index in [0.29, 0.717) is 0 Å². The Morgan fingerprint density at radius 3 is 3.21 bits per heavy atom. The first-order valence-corrected chi connectivity index (χ1v) is 4.49. The lowest BCUT2D eigenvalue weighted by Gasteiger charge is -2.04. The zero-order valence-electron chi connectivity index (χ0n) is 7.75. The summed E-state index contributed by atoms with van der Waals surface area (Å²) < 4.78 is 5.35. The molecule has 1 aromatic rings. The highest BCUT2D eigenvalue weighted by Gasteiger charge is 2.12. The van der Waals surface area contributed by atoms with Gasteiger partial charge in [-0.1, -0.05) is 6.58 Å². The molecule has 2 rings (SSSR count). The number of hydrogen-bond acceptors (Lipinski definition) is 2. The van der Waals surface area contributed by atoms with Crippen molar-refractivity contribution in [3.8, 4) is 5.75 Å². The molecule has 0 radical (unpaired) electrons. The molecule has 0 saturated carbocycles. The molecule has 0 fully saturated rings. The first kappa shape index (κ1) is 8.81. The number of amides is 1. The fraction of sp³-hybridized carbons (Fsp3) is 0.182. The van der Waals surface area contributed by atoms with E-state index in [9.17, 15) is 4.79 Å².